The molecule has 0 unspecified atom stereocenters. The van der Waals surface area contributed by atoms with E-state index in [1.165, 1.54) is 5.69 Å². The standard InChI is InChI=1S/C12H23N3O/c1-11-10-12(2)15(14-11)8-4-6-13-7-5-9-16-3/h10,13H,4-9H2,1-3H3. The molecule has 0 saturated heterocycles. The van der Waals surface area contributed by atoms with E-state index in [1.54, 1.807) is 7.11 Å². The first-order valence-electron chi connectivity index (χ1n) is 5.94. The Labute approximate surface area is 98.0 Å². The van der Waals surface area contributed by atoms with Crippen LogP contribution in [0.3, 0.4) is 0 Å². The highest BCUT2D eigenvalue weighted by Crippen LogP contribution is 2.02. The third-order valence-electron chi connectivity index (χ3n) is 2.53. The maximum Gasteiger partial charge on any atom is 0.0596 e. The molecule has 0 spiro atoms. The molecule has 1 aromatic rings. The first-order valence-corrected chi connectivity index (χ1v) is 5.94. The van der Waals surface area contributed by atoms with Gasteiger partial charge in [0.2, 0.25) is 0 Å². The highest BCUT2D eigenvalue weighted by atomic mass is 16.5. The van der Waals surface area contributed by atoms with Gasteiger partial charge in [0.15, 0.2) is 0 Å². The van der Waals surface area contributed by atoms with Gasteiger partial charge in [-0.05, 0) is 45.8 Å². The smallest absolute Gasteiger partial charge is 0.0596 e. The lowest BCUT2D eigenvalue weighted by Gasteiger charge is -2.06. The summed E-state index contributed by atoms with van der Waals surface area (Å²) in [5, 5.41) is 7.82. The van der Waals surface area contributed by atoms with Gasteiger partial charge in [0, 0.05) is 26.0 Å². The Bertz CT molecular complexity index is 296. The maximum atomic E-state index is 4.98. The van der Waals surface area contributed by atoms with Crippen LogP contribution in [0.1, 0.15) is 24.2 Å². The largest absolute Gasteiger partial charge is 0.385 e. The summed E-state index contributed by atoms with van der Waals surface area (Å²) in [5.74, 6) is 0. The number of aryl methyl sites for hydroxylation is 3. The van der Waals surface area contributed by atoms with Crippen LogP contribution in [0, 0.1) is 13.8 Å². The zero-order valence-corrected chi connectivity index (χ0v) is 10.6. The van der Waals surface area contributed by atoms with Crippen LogP contribution in [0.2, 0.25) is 0 Å². The van der Waals surface area contributed by atoms with Gasteiger partial charge >= 0.3 is 0 Å². The molecule has 1 aromatic heterocycles. The Hall–Kier alpha value is -0.870. The van der Waals surface area contributed by atoms with Crippen LogP contribution in [0.25, 0.3) is 0 Å². The van der Waals surface area contributed by atoms with Gasteiger partial charge in [-0.15, -0.1) is 0 Å². The SMILES string of the molecule is COCCCNCCCn1nc(C)cc1C. The van der Waals surface area contributed by atoms with Gasteiger partial charge in [-0.3, -0.25) is 4.68 Å². The summed E-state index contributed by atoms with van der Waals surface area (Å²) in [7, 11) is 1.74. The second-order valence-electron chi connectivity index (χ2n) is 4.10. The zero-order valence-electron chi connectivity index (χ0n) is 10.6. The molecule has 1 rings (SSSR count). The molecule has 16 heavy (non-hydrogen) atoms. The van der Waals surface area contributed by atoms with E-state index in [9.17, 15) is 0 Å². The van der Waals surface area contributed by atoms with Crippen molar-refractivity contribution in [1.29, 1.82) is 0 Å². The Balaban J connectivity index is 2.05. The number of nitrogens with one attached hydrogen (secondary N) is 1. The average molecular weight is 225 g/mol. The third-order valence-corrected chi connectivity index (χ3v) is 2.53. The van der Waals surface area contributed by atoms with Gasteiger partial charge in [-0.25, -0.2) is 0 Å². The molecule has 0 fully saturated rings. The van der Waals surface area contributed by atoms with Crippen molar-refractivity contribution >= 4 is 0 Å². The highest BCUT2D eigenvalue weighted by molar-refractivity contribution is 5.06. The lowest BCUT2D eigenvalue weighted by molar-refractivity contribution is 0.194. The number of rotatable bonds is 8. The van der Waals surface area contributed by atoms with Crippen molar-refractivity contribution in [1.82, 2.24) is 15.1 Å². The fourth-order valence-electron chi connectivity index (χ4n) is 1.72. The van der Waals surface area contributed by atoms with E-state index in [-0.39, 0.29) is 0 Å². The first-order chi connectivity index (χ1) is 7.74. The van der Waals surface area contributed by atoms with E-state index in [4.69, 9.17) is 4.74 Å². The molecule has 0 aliphatic carbocycles. The topological polar surface area (TPSA) is 39.1 Å². The summed E-state index contributed by atoms with van der Waals surface area (Å²) in [4.78, 5) is 0. The first kappa shape index (κ1) is 13.2. The molecule has 1 N–H and O–H groups in total. The molecule has 0 aliphatic heterocycles. The normalized spacial score (nSPS) is 10.9. The minimum absolute atomic E-state index is 0.838. The molecule has 0 bridgehead atoms. The summed E-state index contributed by atoms with van der Waals surface area (Å²) in [5.41, 5.74) is 2.35. The fraction of sp³-hybridized carbons (Fsp3) is 0.750. The van der Waals surface area contributed by atoms with Crippen molar-refractivity contribution in [3.63, 3.8) is 0 Å². The Kier molecular flexibility index (Phi) is 6.11. The number of nitrogens with zero attached hydrogens (tertiary/aromatic N) is 2. The minimum atomic E-state index is 0.838. The molecule has 4 heteroatoms. The van der Waals surface area contributed by atoms with E-state index in [0.29, 0.717) is 0 Å². The molecule has 0 amide bonds. The molecule has 0 aliphatic rings. The molecule has 0 radical (unpaired) electrons. The Morgan fingerprint density at radius 1 is 1.31 bits per heavy atom. The molecule has 0 saturated carbocycles. The van der Waals surface area contributed by atoms with Crippen molar-refractivity contribution in [3.05, 3.63) is 17.5 Å². The van der Waals surface area contributed by atoms with Gasteiger partial charge in [0.05, 0.1) is 5.69 Å². The molecular weight excluding hydrogens is 202 g/mol. The average Bonchev–Trinajstić information content (AvgIpc) is 2.56. The van der Waals surface area contributed by atoms with Crippen LogP contribution < -0.4 is 5.32 Å². The Morgan fingerprint density at radius 3 is 2.69 bits per heavy atom. The number of ether oxygens (including phenoxy) is 1. The summed E-state index contributed by atoms with van der Waals surface area (Å²) >= 11 is 0. The minimum Gasteiger partial charge on any atom is -0.385 e. The van der Waals surface area contributed by atoms with E-state index in [1.807, 2.05) is 6.92 Å². The quantitative estimate of drug-likeness (QED) is 0.682. The van der Waals surface area contributed by atoms with Gasteiger partial charge in [0.25, 0.3) is 0 Å². The second-order valence-corrected chi connectivity index (χ2v) is 4.10. The fourth-order valence-corrected chi connectivity index (χ4v) is 1.72. The highest BCUT2D eigenvalue weighted by Gasteiger charge is 1.99. The van der Waals surface area contributed by atoms with E-state index in [0.717, 1.165) is 44.8 Å². The van der Waals surface area contributed by atoms with Crippen LogP contribution >= 0.6 is 0 Å². The van der Waals surface area contributed by atoms with E-state index in [2.05, 4.69) is 28.1 Å². The van der Waals surface area contributed by atoms with Crippen molar-refractivity contribution in [3.8, 4) is 0 Å². The van der Waals surface area contributed by atoms with Crippen molar-refractivity contribution in [2.75, 3.05) is 26.8 Å². The molecular formula is C12H23N3O. The molecule has 0 aromatic carbocycles. The van der Waals surface area contributed by atoms with Crippen LogP contribution in [0.4, 0.5) is 0 Å². The van der Waals surface area contributed by atoms with Gasteiger partial charge in [0.1, 0.15) is 0 Å². The number of methoxy groups -OCH3 is 1. The van der Waals surface area contributed by atoms with Gasteiger partial charge in [-0.1, -0.05) is 0 Å². The molecule has 1 heterocycles. The van der Waals surface area contributed by atoms with Crippen LogP contribution in [-0.2, 0) is 11.3 Å². The molecule has 92 valence electrons. The van der Waals surface area contributed by atoms with Crippen LogP contribution in [0.15, 0.2) is 6.07 Å². The summed E-state index contributed by atoms with van der Waals surface area (Å²) in [6, 6.07) is 2.12. The zero-order chi connectivity index (χ0) is 11.8. The monoisotopic (exact) mass is 225 g/mol. The molecule has 4 nitrogen and oxygen atoms in total. The number of hydrogen-bond acceptors (Lipinski definition) is 3. The van der Waals surface area contributed by atoms with Gasteiger partial charge in [-0.2, -0.15) is 5.10 Å². The lowest BCUT2D eigenvalue weighted by atomic mass is 10.3. The maximum absolute atomic E-state index is 4.98. The predicted octanol–water partition coefficient (Wildman–Crippen LogP) is 1.52. The van der Waals surface area contributed by atoms with Crippen LogP contribution in [-0.4, -0.2) is 36.6 Å². The number of hydrogen-bond donors (Lipinski definition) is 1. The molecule has 0 atom stereocenters. The van der Waals surface area contributed by atoms with Crippen LogP contribution in [0.5, 0.6) is 0 Å². The van der Waals surface area contributed by atoms with Crippen molar-refractivity contribution in [2.45, 2.75) is 33.2 Å². The summed E-state index contributed by atoms with van der Waals surface area (Å²) in [6.45, 7) is 8.05. The predicted molar refractivity (Wildman–Crippen MR) is 65.7 cm³/mol. The summed E-state index contributed by atoms with van der Waals surface area (Å²) in [6.07, 6.45) is 2.20. The van der Waals surface area contributed by atoms with Crippen molar-refractivity contribution < 1.29 is 4.74 Å². The summed E-state index contributed by atoms with van der Waals surface area (Å²) < 4.78 is 7.06. The van der Waals surface area contributed by atoms with Crippen molar-refractivity contribution in [2.24, 2.45) is 0 Å². The van der Waals surface area contributed by atoms with E-state index >= 15 is 0 Å². The van der Waals surface area contributed by atoms with Gasteiger partial charge < -0.3 is 10.1 Å². The third kappa shape index (κ3) is 4.77. The number of aromatic nitrogens is 2. The van der Waals surface area contributed by atoms with E-state index < -0.39 is 0 Å². The Morgan fingerprint density at radius 2 is 2.06 bits per heavy atom. The lowest BCUT2D eigenvalue weighted by Crippen LogP contribution is -2.19. The second kappa shape index (κ2) is 7.41.